The molecule has 0 saturated heterocycles. The Morgan fingerprint density at radius 3 is 2.94 bits per heavy atom. The first kappa shape index (κ1) is 12.2. The third-order valence-corrected chi connectivity index (χ3v) is 2.59. The minimum atomic E-state index is -1.01. The van der Waals surface area contributed by atoms with Crippen LogP contribution in [0, 0.1) is 0 Å². The van der Waals surface area contributed by atoms with Gasteiger partial charge in [0.15, 0.2) is 6.61 Å². The van der Waals surface area contributed by atoms with Crippen molar-refractivity contribution in [3.05, 3.63) is 35.9 Å². The average Bonchev–Trinajstić information content (AvgIpc) is 2.32. The normalized spacial score (nSPS) is 15.1. The van der Waals surface area contributed by atoms with E-state index >= 15 is 0 Å². The van der Waals surface area contributed by atoms with Gasteiger partial charge in [-0.2, -0.15) is 0 Å². The highest BCUT2D eigenvalue weighted by molar-refractivity contribution is 5.98. The fourth-order valence-electron chi connectivity index (χ4n) is 1.83. The van der Waals surface area contributed by atoms with Gasteiger partial charge in [0, 0.05) is 12.6 Å². The van der Waals surface area contributed by atoms with Crippen LogP contribution in [0.3, 0.4) is 0 Å². The number of hydrogen-bond acceptors (Lipinski definition) is 3. The number of aliphatic carboxylic acids is 1. The molecule has 0 unspecified atom stereocenters. The molecule has 1 aliphatic rings. The minimum Gasteiger partial charge on any atom is -0.482 e. The number of fused-ring (bicyclic) bond motifs is 1. The van der Waals surface area contributed by atoms with Crippen molar-refractivity contribution in [3.63, 3.8) is 0 Å². The van der Waals surface area contributed by atoms with Crippen LogP contribution in [0.5, 0.6) is 5.75 Å². The molecule has 0 aromatic heterocycles. The number of para-hydroxylation sites is 2. The van der Waals surface area contributed by atoms with Crippen LogP contribution in [0.2, 0.25) is 0 Å². The molecule has 1 N–H and O–H groups in total. The van der Waals surface area contributed by atoms with E-state index in [1.165, 1.54) is 4.90 Å². The van der Waals surface area contributed by atoms with Crippen LogP contribution >= 0.6 is 0 Å². The molecule has 2 rings (SSSR count). The molecule has 1 heterocycles. The van der Waals surface area contributed by atoms with Crippen molar-refractivity contribution in [1.29, 1.82) is 0 Å². The van der Waals surface area contributed by atoms with E-state index in [0.29, 0.717) is 17.0 Å². The zero-order valence-electron chi connectivity index (χ0n) is 9.92. The summed E-state index contributed by atoms with van der Waals surface area (Å²) in [4.78, 5) is 23.9. The van der Waals surface area contributed by atoms with Gasteiger partial charge in [-0.25, -0.2) is 4.79 Å². The third kappa shape index (κ3) is 2.51. The molecule has 18 heavy (non-hydrogen) atoms. The number of rotatable bonds is 3. The van der Waals surface area contributed by atoms with Gasteiger partial charge in [0.1, 0.15) is 5.75 Å². The van der Waals surface area contributed by atoms with Gasteiger partial charge < -0.3 is 14.7 Å². The van der Waals surface area contributed by atoms with Crippen molar-refractivity contribution in [2.75, 3.05) is 18.1 Å². The lowest BCUT2D eigenvalue weighted by Gasteiger charge is -2.29. The van der Waals surface area contributed by atoms with E-state index in [9.17, 15) is 9.59 Å². The van der Waals surface area contributed by atoms with Gasteiger partial charge in [0.05, 0.1) is 5.69 Å². The summed E-state index contributed by atoms with van der Waals surface area (Å²) < 4.78 is 5.30. The van der Waals surface area contributed by atoms with E-state index < -0.39 is 5.97 Å². The van der Waals surface area contributed by atoms with E-state index in [0.717, 1.165) is 6.08 Å². The van der Waals surface area contributed by atoms with Crippen molar-refractivity contribution < 1.29 is 19.4 Å². The van der Waals surface area contributed by atoms with Crippen LogP contribution in [0.4, 0.5) is 5.69 Å². The molecule has 0 bridgehead atoms. The highest BCUT2D eigenvalue weighted by Gasteiger charge is 2.25. The fourth-order valence-corrected chi connectivity index (χ4v) is 1.83. The summed E-state index contributed by atoms with van der Waals surface area (Å²) in [6.07, 6.45) is 1.10. The first-order valence-electron chi connectivity index (χ1n) is 5.50. The van der Waals surface area contributed by atoms with Crippen LogP contribution in [-0.4, -0.2) is 30.1 Å². The number of benzene rings is 1. The van der Waals surface area contributed by atoms with Crippen LogP contribution < -0.4 is 9.64 Å². The molecule has 0 saturated carbocycles. The molecule has 1 aromatic rings. The van der Waals surface area contributed by atoms with Crippen molar-refractivity contribution in [3.8, 4) is 5.75 Å². The Balaban J connectivity index is 2.27. The molecular weight excluding hydrogens is 234 g/mol. The van der Waals surface area contributed by atoms with Gasteiger partial charge in [-0.3, -0.25) is 4.79 Å². The predicted octanol–water partition coefficient (Wildman–Crippen LogP) is 1.44. The largest absolute Gasteiger partial charge is 0.482 e. The Hall–Kier alpha value is -2.30. The zero-order valence-corrected chi connectivity index (χ0v) is 9.92. The lowest BCUT2D eigenvalue weighted by atomic mass is 10.2. The van der Waals surface area contributed by atoms with Crippen LogP contribution in [0.15, 0.2) is 35.9 Å². The summed E-state index contributed by atoms with van der Waals surface area (Å²) in [6, 6.07) is 7.20. The molecule has 5 nitrogen and oxygen atoms in total. The second-order valence-corrected chi connectivity index (χ2v) is 4.07. The third-order valence-electron chi connectivity index (χ3n) is 2.59. The number of carboxylic acid groups (broad SMARTS) is 1. The smallest absolute Gasteiger partial charge is 0.328 e. The molecule has 5 heteroatoms. The van der Waals surface area contributed by atoms with E-state index in [1.807, 2.05) is 12.1 Å². The molecule has 1 aromatic carbocycles. The maximum atomic E-state index is 11.8. The van der Waals surface area contributed by atoms with E-state index in [1.54, 1.807) is 19.1 Å². The standard InChI is InChI=1S/C13H13NO4/c1-9(6-13(16)17)7-14-10-4-2-3-5-11(10)18-8-12(14)15/h2-6H,7-8H2,1H3,(H,16,17). The van der Waals surface area contributed by atoms with E-state index in [2.05, 4.69) is 0 Å². The maximum absolute atomic E-state index is 11.8. The Morgan fingerprint density at radius 1 is 1.50 bits per heavy atom. The number of ether oxygens (including phenoxy) is 1. The molecule has 0 spiro atoms. The molecule has 0 radical (unpaired) electrons. The topological polar surface area (TPSA) is 66.8 Å². The minimum absolute atomic E-state index is 0.0165. The number of anilines is 1. The Labute approximate surface area is 104 Å². The predicted molar refractivity (Wildman–Crippen MR) is 65.7 cm³/mol. The van der Waals surface area contributed by atoms with Gasteiger partial charge in [-0.1, -0.05) is 12.1 Å². The fraction of sp³-hybridized carbons (Fsp3) is 0.231. The Bertz CT molecular complexity index is 521. The lowest BCUT2D eigenvalue weighted by molar-refractivity contribution is -0.131. The summed E-state index contributed by atoms with van der Waals surface area (Å²) in [5.74, 6) is -0.548. The lowest BCUT2D eigenvalue weighted by Crippen LogP contribution is -2.39. The molecular formula is C13H13NO4. The second kappa shape index (κ2) is 4.91. The van der Waals surface area contributed by atoms with E-state index in [4.69, 9.17) is 9.84 Å². The van der Waals surface area contributed by atoms with Crippen molar-refractivity contribution in [2.45, 2.75) is 6.92 Å². The van der Waals surface area contributed by atoms with Crippen LogP contribution in [0.25, 0.3) is 0 Å². The second-order valence-electron chi connectivity index (χ2n) is 4.07. The number of hydrogen-bond donors (Lipinski definition) is 1. The van der Waals surface area contributed by atoms with Crippen molar-refractivity contribution in [1.82, 2.24) is 0 Å². The summed E-state index contributed by atoms with van der Waals surface area (Å²) in [6.45, 7) is 1.92. The first-order chi connectivity index (χ1) is 8.58. The van der Waals surface area contributed by atoms with Crippen LogP contribution in [-0.2, 0) is 9.59 Å². The van der Waals surface area contributed by atoms with Crippen LogP contribution in [0.1, 0.15) is 6.92 Å². The van der Waals surface area contributed by atoms with Gasteiger partial charge in [0.25, 0.3) is 5.91 Å². The number of carbonyl (C=O) groups excluding carboxylic acids is 1. The summed E-state index contributed by atoms with van der Waals surface area (Å²) in [7, 11) is 0. The Morgan fingerprint density at radius 2 is 2.22 bits per heavy atom. The molecule has 1 amide bonds. The molecule has 0 fully saturated rings. The summed E-state index contributed by atoms with van der Waals surface area (Å²) >= 11 is 0. The average molecular weight is 247 g/mol. The molecule has 94 valence electrons. The van der Waals surface area contributed by atoms with Gasteiger partial charge in [-0.05, 0) is 24.6 Å². The SMILES string of the molecule is CC(=CC(=O)O)CN1C(=O)COc2ccccc21. The number of nitrogens with zero attached hydrogens (tertiary/aromatic N) is 1. The quantitative estimate of drug-likeness (QED) is 0.821. The number of carboxylic acids is 1. The zero-order chi connectivity index (χ0) is 13.1. The van der Waals surface area contributed by atoms with Gasteiger partial charge in [0.2, 0.25) is 0 Å². The molecule has 1 aliphatic heterocycles. The van der Waals surface area contributed by atoms with Gasteiger partial charge in [-0.15, -0.1) is 0 Å². The number of amides is 1. The van der Waals surface area contributed by atoms with Crippen molar-refractivity contribution >= 4 is 17.6 Å². The number of carbonyl (C=O) groups is 2. The highest BCUT2D eigenvalue weighted by Crippen LogP contribution is 2.31. The summed E-state index contributed by atoms with van der Waals surface area (Å²) in [5.41, 5.74) is 1.28. The summed E-state index contributed by atoms with van der Waals surface area (Å²) in [5, 5.41) is 8.67. The van der Waals surface area contributed by atoms with E-state index in [-0.39, 0.29) is 19.1 Å². The maximum Gasteiger partial charge on any atom is 0.328 e. The van der Waals surface area contributed by atoms with Gasteiger partial charge >= 0.3 is 5.97 Å². The monoisotopic (exact) mass is 247 g/mol. The molecule has 0 aliphatic carbocycles. The first-order valence-corrected chi connectivity index (χ1v) is 5.50. The highest BCUT2D eigenvalue weighted by atomic mass is 16.5. The Kier molecular flexibility index (Phi) is 3.32. The van der Waals surface area contributed by atoms with Crippen molar-refractivity contribution in [2.24, 2.45) is 0 Å². The molecule has 0 atom stereocenters.